The molecule has 2 aromatic rings. The Balaban J connectivity index is 1.90. The van der Waals surface area contributed by atoms with Crippen LogP contribution in [-0.2, 0) is 17.8 Å². The molecule has 1 aromatic carbocycles. The number of halogens is 1. The molecule has 1 aliphatic heterocycles. The first-order valence-corrected chi connectivity index (χ1v) is 8.47. The highest BCUT2D eigenvalue weighted by Crippen LogP contribution is 2.31. The molecular formula is C16H19FN4OS. The summed E-state index contributed by atoms with van der Waals surface area (Å²) in [5.74, 6) is 0.540. The van der Waals surface area contributed by atoms with Crippen molar-refractivity contribution in [1.29, 1.82) is 0 Å². The van der Waals surface area contributed by atoms with Gasteiger partial charge in [0.25, 0.3) is 0 Å². The predicted octanol–water partition coefficient (Wildman–Crippen LogP) is 3.15. The van der Waals surface area contributed by atoms with Gasteiger partial charge in [-0.25, -0.2) is 9.37 Å². The number of rotatable bonds is 3. The summed E-state index contributed by atoms with van der Waals surface area (Å²) >= 11 is 1.33. The van der Waals surface area contributed by atoms with Gasteiger partial charge in [-0.3, -0.25) is 4.79 Å². The zero-order chi connectivity index (χ0) is 16.4. The fourth-order valence-electron chi connectivity index (χ4n) is 2.80. The van der Waals surface area contributed by atoms with Gasteiger partial charge in [0.15, 0.2) is 0 Å². The fraction of sp³-hybridized carbons (Fsp3) is 0.438. The molecule has 3 rings (SSSR count). The van der Waals surface area contributed by atoms with E-state index in [9.17, 15) is 9.18 Å². The maximum absolute atomic E-state index is 13.6. The van der Waals surface area contributed by atoms with E-state index in [0.29, 0.717) is 13.1 Å². The molecule has 0 saturated heterocycles. The third-order valence-corrected chi connectivity index (χ3v) is 4.74. The van der Waals surface area contributed by atoms with Crippen LogP contribution < -0.4 is 5.32 Å². The second-order valence-electron chi connectivity index (χ2n) is 5.64. The molecule has 0 spiro atoms. The zero-order valence-corrected chi connectivity index (χ0v) is 14.0. The number of fused-ring (bicyclic) bond motifs is 1. The van der Waals surface area contributed by atoms with E-state index in [1.54, 1.807) is 17.9 Å². The standard InChI is InChI=1S/C16H19FN4OS/c1-3-15-19-16(23-20-15)18-14-6-7-21(10(2)22)9-11-8-12(17)4-5-13(11)14/h4-5,8,14H,3,6-7,9H2,1-2H3,(H,18,19,20). The lowest BCUT2D eigenvalue weighted by molar-refractivity contribution is -0.129. The molecule has 5 nitrogen and oxygen atoms in total. The largest absolute Gasteiger partial charge is 0.353 e. The Bertz CT molecular complexity index is 718. The van der Waals surface area contributed by atoms with Crippen molar-refractivity contribution in [2.45, 2.75) is 39.3 Å². The Morgan fingerprint density at radius 1 is 1.52 bits per heavy atom. The molecule has 0 aliphatic carbocycles. The summed E-state index contributed by atoms with van der Waals surface area (Å²) in [6, 6.07) is 4.78. The first-order valence-electron chi connectivity index (χ1n) is 7.69. The number of hydrogen-bond donors (Lipinski definition) is 1. The van der Waals surface area contributed by atoms with Crippen molar-refractivity contribution >= 4 is 22.6 Å². The van der Waals surface area contributed by atoms with Crippen molar-refractivity contribution in [2.75, 3.05) is 11.9 Å². The molecule has 0 saturated carbocycles. The Morgan fingerprint density at radius 3 is 3.04 bits per heavy atom. The second-order valence-corrected chi connectivity index (χ2v) is 6.39. The van der Waals surface area contributed by atoms with Gasteiger partial charge in [0.2, 0.25) is 11.0 Å². The van der Waals surface area contributed by atoms with Crippen molar-refractivity contribution in [3.63, 3.8) is 0 Å². The summed E-state index contributed by atoms with van der Waals surface area (Å²) in [6.07, 6.45) is 1.54. The number of amides is 1. The average molecular weight is 334 g/mol. The van der Waals surface area contributed by atoms with Crippen LogP contribution in [0.4, 0.5) is 9.52 Å². The number of aryl methyl sites for hydroxylation is 1. The van der Waals surface area contributed by atoms with Crippen LogP contribution in [0, 0.1) is 5.82 Å². The molecule has 1 aliphatic rings. The van der Waals surface area contributed by atoms with E-state index in [1.165, 1.54) is 23.7 Å². The number of aromatic nitrogens is 2. The van der Waals surface area contributed by atoms with Crippen LogP contribution in [0.3, 0.4) is 0 Å². The van der Waals surface area contributed by atoms with Crippen molar-refractivity contribution in [3.8, 4) is 0 Å². The minimum atomic E-state index is -0.280. The predicted molar refractivity (Wildman–Crippen MR) is 87.8 cm³/mol. The van der Waals surface area contributed by atoms with Gasteiger partial charge in [0.05, 0.1) is 6.04 Å². The van der Waals surface area contributed by atoms with Crippen molar-refractivity contribution in [1.82, 2.24) is 14.3 Å². The molecule has 2 heterocycles. The first kappa shape index (κ1) is 15.9. The average Bonchev–Trinajstić information content (AvgIpc) is 2.89. The van der Waals surface area contributed by atoms with E-state index < -0.39 is 0 Å². The third kappa shape index (κ3) is 3.50. The summed E-state index contributed by atoms with van der Waals surface area (Å²) in [5, 5.41) is 4.16. The first-order chi connectivity index (χ1) is 11.1. The number of nitrogens with zero attached hydrogens (tertiary/aromatic N) is 3. The van der Waals surface area contributed by atoms with Crippen LogP contribution >= 0.6 is 11.5 Å². The fourth-order valence-corrected chi connectivity index (χ4v) is 3.50. The van der Waals surface area contributed by atoms with Crippen molar-refractivity contribution in [3.05, 3.63) is 41.0 Å². The van der Waals surface area contributed by atoms with Gasteiger partial charge in [0.1, 0.15) is 11.6 Å². The summed E-state index contributed by atoms with van der Waals surface area (Å²) in [4.78, 5) is 17.9. The SMILES string of the molecule is CCc1nsc(NC2CCN(C(C)=O)Cc3cc(F)ccc32)n1. The number of anilines is 1. The van der Waals surface area contributed by atoms with Gasteiger partial charge in [-0.15, -0.1) is 0 Å². The number of carbonyl (C=O) groups excluding carboxylic acids is 1. The molecular weight excluding hydrogens is 315 g/mol. The topological polar surface area (TPSA) is 58.1 Å². The maximum atomic E-state index is 13.6. The normalized spacial score (nSPS) is 17.5. The number of benzene rings is 1. The van der Waals surface area contributed by atoms with Gasteiger partial charge in [-0.1, -0.05) is 13.0 Å². The number of hydrogen-bond acceptors (Lipinski definition) is 5. The lowest BCUT2D eigenvalue weighted by Gasteiger charge is -2.19. The summed E-state index contributed by atoms with van der Waals surface area (Å²) < 4.78 is 17.9. The van der Waals surface area contributed by atoms with Gasteiger partial charge in [-0.05, 0) is 29.7 Å². The van der Waals surface area contributed by atoms with E-state index in [1.807, 2.05) is 6.92 Å². The van der Waals surface area contributed by atoms with E-state index in [0.717, 1.165) is 34.9 Å². The van der Waals surface area contributed by atoms with Gasteiger partial charge >= 0.3 is 0 Å². The highest BCUT2D eigenvalue weighted by molar-refractivity contribution is 7.09. The van der Waals surface area contributed by atoms with Crippen LogP contribution in [0.25, 0.3) is 0 Å². The molecule has 1 atom stereocenters. The highest BCUT2D eigenvalue weighted by atomic mass is 32.1. The Hall–Kier alpha value is -2.02. The van der Waals surface area contributed by atoms with Crippen LogP contribution in [-0.4, -0.2) is 26.7 Å². The van der Waals surface area contributed by atoms with Crippen LogP contribution in [0.2, 0.25) is 0 Å². The minimum absolute atomic E-state index is 0.00467. The van der Waals surface area contributed by atoms with E-state index in [-0.39, 0.29) is 17.8 Å². The Labute approximate surface area is 138 Å². The maximum Gasteiger partial charge on any atom is 0.219 e. The Kier molecular flexibility index (Phi) is 4.56. The van der Waals surface area contributed by atoms with Crippen LogP contribution in [0.5, 0.6) is 0 Å². The van der Waals surface area contributed by atoms with Gasteiger partial charge in [-0.2, -0.15) is 4.37 Å². The number of nitrogens with one attached hydrogen (secondary N) is 1. The summed E-state index contributed by atoms with van der Waals surface area (Å²) in [6.45, 7) is 4.63. The second kappa shape index (κ2) is 6.62. The highest BCUT2D eigenvalue weighted by Gasteiger charge is 2.24. The van der Waals surface area contributed by atoms with Crippen LogP contribution in [0.15, 0.2) is 18.2 Å². The van der Waals surface area contributed by atoms with Crippen LogP contribution in [0.1, 0.15) is 43.3 Å². The molecule has 0 radical (unpaired) electrons. The third-order valence-electron chi connectivity index (χ3n) is 4.06. The number of carbonyl (C=O) groups is 1. The molecule has 0 fully saturated rings. The molecule has 0 bridgehead atoms. The molecule has 1 N–H and O–H groups in total. The molecule has 23 heavy (non-hydrogen) atoms. The molecule has 1 unspecified atom stereocenters. The lowest BCUT2D eigenvalue weighted by Crippen LogP contribution is -2.28. The van der Waals surface area contributed by atoms with Gasteiger partial charge < -0.3 is 10.2 Å². The van der Waals surface area contributed by atoms with Crippen molar-refractivity contribution in [2.24, 2.45) is 0 Å². The van der Waals surface area contributed by atoms with E-state index in [4.69, 9.17) is 0 Å². The minimum Gasteiger partial charge on any atom is -0.353 e. The van der Waals surface area contributed by atoms with Crippen molar-refractivity contribution < 1.29 is 9.18 Å². The van der Waals surface area contributed by atoms with Gasteiger partial charge in [0, 0.05) is 38.0 Å². The Morgan fingerprint density at radius 2 is 2.35 bits per heavy atom. The lowest BCUT2D eigenvalue weighted by atomic mass is 9.99. The smallest absolute Gasteiger partial charge is 0.219 e. The summed E-state index contributed by atoms with van der Waals surface area (Å²) in [7, 11) is 0. The van der Waals surface area contributed by atoms with E-state index in [2.05, 4.69) is 14.7 Å². The summed E-state index contributed by atoms with van der Waals surface area (Å²) in [5.41, 5.74) is 1.86. The zero-order valence-electron chi connectivity index (χ0n) is 13.2. The molecule has 1 amide bonds. The quantitative estimate of drug-likeness (QED) is 0.937. The monoisotopic (exact) mass is 334 g/mol. The molecule has 7 heteroatoms. The van der Waals surface area contributed by atoms with E-state index >= 15 is 0 Å². The molecule has 122 valence electrons. The molecule has 1 aromatic heterocycles.